The van der Waals surface area contributed by atoms with E-state index in [1.54, 1.807) is 12.3 Å². The molecule has 1 atom stereocenters. The maximum absolute atomic E-state index is 8.83. The number of nitrogens with zero attached hydrogens (tertiary/aromatic N) is 3. The van der Waals surface area contributed by atoms with E-state index < -0.39 is 0 Å². The van der Waals surface area contributed by atoms with Gasteiger partial charge in [0.15, 0.2) is 5.84 Å². The number of oxime groups is 1. The van der Waals surface area contributed by atoms with Crippen molar-refractivity contribution in [3.8, 4) is 0 Å². The summed E-state index contributed by atoms with van der Waals surface area (Å²) in [6.07, 6.45) is 5.38. The first-order chi connectivity index (χ1) is 8.76. The normalized spacial score (nSPS) is 21.1. The summed E-state index contributed by atoms with van der Waals surface area (Å²) >= 11 is 0. The van der Waals surface area contributed by atoms with Crippen molar-refractivity contribution < 1.29 is 5.21 Å². The highest BCUT2D eigenvalue weighted by Gasteiger charge is 2.22. The van der Waals surface area contributed by atoms with Gasteiger partial charge in [0.1, 0.15) is 5.82 Å². The molecule has 2 heterocycles. The van der Waals surface area contributed by atoms with Crippen LogP contribution in [-0.2, 0) is 0 Å². The molecule has 1 fully saturated rings. The Hall–Kier alpha value is -1.78. The van der Waals surface area contributed by atoms with Gasteiger partial charge in [-0.15, -0.1) is 0 Å². The zero-order chi connectivity index (χ0) is 13.0. The molecule has 0 amide bonds. The second-order valence-electron chi connectivity index (χ2n) is 4.72. The number of aromatic nitrogens is 1. The third-order valence-corrected chi connectivity index (χ3v) is 3.57. The van der Waals surface area contributed by atoms with E-state index >= 15 is 0 Å². The Morgan fingerprint density at radius 2 is 2.50 bits per heavy atom. The monoisotopic (exact) mass is 248 g/mol. The van der Waals surface area contributed by atoms with Crippen molar-refractivity contribution in [2.45, 2.75) is 26.2 Å². The van der Waals surface area contributed by atoms with Crippen LogP contribution in [0.15, 0.2) is 23.5 Å². The van der Waals surface area contributed by atoms with Crippen LogP contribution in [0.25, 0.3) is 0 Å². The molecule has 1 aliphatic rings. The minimum atomic E-state index is 0.122. The SMILES string of the molecule is CCC1CCCN(c2ncccc2/C(N)=N/O)C1. The van der Waals surface area contributed by atoms with Gasteiger partial charge in [0.05, 0.1) is 5.56 Å². The highest BCUT2D eigenvalue weighted by atomic mass is 16.4. The summed E-state index contributed by atoms with van der Waals surface area (Å²) < 4.78 is 0. The van der Waals surface area contributed by atoms with Crippen molar-refractivity contribution >= 4 is 11.7 Å². The summed E-state index contributed by atoms with van der Waals surface area (Å²) in [4.78, 5) is 6.64. The fraction of sp³-hybridized carbons (Fsp3) is 0.538. The van der Waals surface area contributed by atoms with E-state index in [-0.39, 0.29) is 5.84 Å². The van der Waals surface area contributed by atoms with E-state index in [9.17, 15) is 0 Å². The van der Waals surface area contributed by atoms with Crippen LogP contribution in [0.1, 0.15) is 31.7 Å². The number of nitrogens with two attached hydrogens (primary N) is 1. The molecule has 1 aliphatic heterocycles. The van der Waals surface area contributed by atoms with Crippen LogP contribution in [-0.4, -0.2) is 29.1 Å². The maximum Gasteiger partial charge on any atom is 0.173 e. The molecule has 0 aromatic carbocycles. The summed E-state index contributed by atoms with van der Waals surface area (Å²) in [5.41, 5.74) is 6.41. The minimum absolute atomic E-state index is 0.122. The topological polar surface area (TPSA) is 74.7 Å². The van der Waals surface area contributed by atoms with Gasteiger partial charge in [-0.1, -0.05) is 18.5 Å². The first-order valence-electron chi connectivity index (χ1n) is 6.44. The van der Waals surface area contributed by atoms with Crippen LogP contribution in [0.4, 0.5) is 5.82 Å². The predicted molar refractivity (Wildman–Crippen MR) is 72.0 cm³/mol. The molecule has 1 unspecified atom stereocenters. The summed E-state index contributed by atoms with van der Waals surface area (Å²) in [5.74, 6) is 1.66. The zero-order valence-electron chi connectivity index (χ0n) is 10.7. The number of anilines is 1. The quantitative estimate of drug-likeness (QED) is 0.370. The average Bonchev–Trinajstić information content (AvgIpc) is 2.46. The molecule has 18 heavy (non-hydrogen) atoms. The van der Waals surface area contributed by atoms with Crippen LogP contribution >= 0.6 is 0 Å². The maximum atomic E-state index is 8.83. The van der Waals surface area contributed by atoms with Gasteiger partial charge in [-0.25, -0.2) is 4.98 Å². The predicted octanol–water partition coefficient (Wildman–Crippen LogP) is 1.80. The molecule has 1 aromatic heterocycles. The molecule has 3 N–H and O–H groups in total. The molecular formula is C13H20N4O. The Balaban J connectivity index is 2.27. The van der Waals surface area contributed by atoms with E-state index in [1.807, 2.05) is 6.07 Å². The number of rotatable bonds is 3. The lowest BCUT2D eigenvalue weighted by Crippen LogP contribution is -2.37. The standard InChI is InChI=1S/C13H20N4O/c1-2-10-5-4-8-17(9-10)13-11(12(14)16-18)6-3-7-15-13/h3,6-7,10,18H,2,4-5,8-9H2,1H3,(H2,14,16). The molecular weight excluding hydrogens is 228 g/mol. The minimum Gasteiger partial charge on any atom is -0.409 e. The summed E-state index contributed by atoms with van der Waals surface area (Å²) in [7, 11) is 0. The van der Waals surface area contributed by atoms with Gasteiger partial charge in [-0.3, -0.25) is 0 Å². The molecule has 1 aromatic rings. The highest BCUT2D eigenvalue weighted by Crippen LogP contribution is 2.25. The van der Waals surface area contributed by atoms with E-state index in [1.165, 1.54) is 19.3 Å². The van der Waals surface area contributed by atoms with Crippen molar-refractivity contribution in [1.29, 1.82) is 0 Å². The van der Waals surface area contributed by atoms with Crippen LogP contribution in [0.2, 0.25) is 0 Å². The molecule has 0 radical (unpaired) electrons. The highest BCUT2D eigenvalue weighted by molar-refractivity contribution is 6.01. The van der Waals surface area contributed by atoms with Gasteiger partial charge in [-0.2, -0.15) is 0 Å². The van der Waals surface area contributed by atoms with Crippen LogP contribution in [0.5, 0.6) is 0 Å². The second kappa shape index (κ2) is 5.71. The van der Waals surface area contributed by atoms with Gasteiger partial charge >= 0.3 is 0 Å². The number of pyridine rings is 1. The second-order valence-corrected chi connectivity index (χ2v) is 4.72. The number of piperidine rings is 1. The van der Waals surface area contributed by atoms with Gasteiger partial charge in [0, 0.05) is 19.3 Å². The molecule has 1 saturated heterocycles. The fourth-order valence-electron chi connectivity index (χ4n) is 2.49. The van der Waals surface area contributed by atoms with Gasteiger partial charge in [-0.05, 0) is 30.9 Å². The van der Waals surface area contributed by atoms with Gasteiger partial charge in [0.25, 0.3) is 0 Å². The van der Waals surface area contributed by atoms with Gasteiger partial charge < -0.3 is 15.8 Å². The van der Waals surface area contributed by atoms with E-state index in [0.29, 0.717) is 11.5 Å². The Labute approximate surface area is 107 Å². The zero-order valence-corrected chi connectivity index (χ0v) is 10.7. The molecule has 98 valence electrons. The van der Waals surface area contributed by atoms with E-state index in [0.717, 1.165) is 18.9 Å². The van der Waals surface area contributed by atoms with Crippen molar-refractivity contribution in [2.75, 3.05) is 18.0 Å². The smallest absolute Gasteiger partial charge is 0.173 e. The Morgan fingerprint density at radius 3 is 3.22 bits per heavy atom. The van der Waals surface area contributed by atoms with E-state index in [2.05, 4.69) is 22.0 Å². The molecule has 5 heteroatoms. The van der Waals surface area contributed by atoms with Crippen molar-refractivity contribution in [1.82, 2.24) is 4.98 Å². The Bertz CT molecular complexity index is 433. The third kappa shape index (κ3) is 2.55. The van der Waals surface area contributed by atoms with Crippen LogP contribution < -0.4 is 10.6 Å². The molecule has 2 rings (SSSR count). The first-order valence-corrected chi connectivity index (χ1v) is 6.44. The van der Waals surface area contributed by atoms with Crippen molar-refractivity contribution in [3.63, 3.8) is 0 Å². The largest absolute Gasteiger partial charge is 0.409 e. The number of amidine groups is 1. The summed E-state index contributed by atoms with van der Waals surface area (Å²) in [5, 5.41) is 11.9. The molecule has 5 nitrogen and oxygen atoms in total. The summed E-state index contributed by atoms with van der Waals surface area (Å²) in [6.45, 7) is 4.20. The molecule has 0 saturated carbocycles. The average molecular weight is 248 g/mol. The molecule has 0 spiro atoms. The first kappa shape index (κ1) is 12.7. The lowest BCUT2D eigenvalue weighted by atomic mass is 9.95. The summed E-state index contributed by atoms with van der Waals surface area (Å²) in [6, 6.07) is 3.64. The Morgan fingerprint density at radius 1 is 1.67 bits per heavy atom. The molecule has 0 bridgehead atoms. The lowest BCUT2D eigenvalue weighted by molar-refractivity contribution is 0.318. The number of hydrogen-bond acceptors (Lipinski definition) is 4. The third-order valence-electron chi connectivity index (χ3n) is 3.57. The van der Waals surface area contributed by atoms with Gasteiger partial charge in [0.2, 0.25) is 0 Å². The van der Waals surface area contributed by atoms with E-state index in [4.69, 9.17) is 10.9 Å². The fourth-order valence-corrected chi connectivity index (χ4v) is 2.49. The molecule has 0 aliphatic carbocycles. The van der Waals surface area contributed by atoms with Crippen molar-refractivity contribution in [3.05, 3.63) is 23.9 Å². The van der Waals surface area contributed by atoms with Crippen LogP contribution in [0.3, 0.4) is 0 Å². The van der Waals surface area contributed by atoms with Crippen molar-refractivity contribution in [2.24, 2.45) is 16.8 Å². The lowest BCUT2D eigenvalue weighted by Gasteiger charge is -2.34. The Kier molecular flexibility index (Phi) is 4.02. The number of hydrogen-bond donors (Lipinski definition) is 2. The van der Waals surface area contributed by atoms with Crippen LogP contribution in [0, 0.1) is 5.92 Å².